The van der Waals surface area contributed by atoms with E-state index < -0.39 is 0 Å². The van der Waals surface area contributed by atoms with Gasteiger partial charge < -0.3 is 9.64 Å². The molecule has 0 unspecified atom stereocenters. The molecular formula is C11H12N2O2. The Morgan fingerprint density at radius 1 is 1.67 bits per heavy atom. The number of carbonyl (C=O) groups is 1. The van der Waals surface area contributed by atoms with Crippen molar-refractivity contribution in [3.8, 4) is 5.75 Å². The van der Waals surface area contributed by atoms with E-state index in [9.17, 15) is 4.79 Å². The van der Waals surface area contributed by atoms with Crippen LogP contribution < -0.4 is 4.74 Å². The van der Waals surface area contributed by atoms with Crippen LogP contribution in [0.4, 0.5) is 0 Å². The Morgan fingerprint density at radius 2 is 2.53 bits per heavy atom. The molecule has 78 valence electrons. The van der Waals surface area contributed by atoms with E-state index in [2.05, 4.69) is 11.6 Å². The molecule has 0 saturated carbocycles. The van der Waals surface area contributed by atoms with Crippen molar-refractivity contribution in [3.05, 3.63) is 36.7 Å². The molecule has 0 atom stereocenters. The van der Waals surface area contributed by atoms with Crippen LogP contribution in [0.15, 0.2) is 31.0 Å². The standard InChI is InChI=1S/C11H12N2O2/c1-2-11(14)13-6-7-15-10-4-3-5-12-9(10)8-13/h2-5H,1,6-8H2. The number of fused-ring (bicyclic) bond motifs is 1. The number of ether oxygens (including phenoxy) is 1. The van der Waals surface area contributed by atoms with Gasteiger partial charge in [-0.05, 0) is 18.2 Å². The number of amides is 1. The lowest BCUT2D eigenvalue weighted by atomic mass is 10.3. The summed E-state index contributed by atoms with van der Waals surface area (Å²) in [7, 11) is 0. The molecule has 0 saturated heterocycles. The summed E-state index contributed by atoms with van der Waals surface area (Å²) < 4.78 is 5.48. The minimum Gasteiger partial charge on any atom is -0.490 e. The maximum absolute atomic E-state index is 11.5. The first kappa shape index (κ1) is 9.71. The van der Waals surface area contributed by atoms with Gasteiger partial charge in [0.05, 0.1) is 13.1 Å². The van der Waals surface area contributed by atoms with Crippen LogP contribution in [0.5, 0.6) is 5.75 Å². The van der Waals surface area contributed by atoms with Gasteiger partial charge in [0.25, 0.3) is 0 Å². The van der Waals surface area contributed by atoms with Crippen molar-refractivity contribution in [1.29, 1.82) is 0 Å². The zero-order valence-electron chi connectivity index (χ0n) is 8.35. The highest BCUT2D eigenvalue weighted by atomic mass is 16.5. The van der Waals surface area contributed by atoms with Gasteiger partial charge >= 0.3 is 0 Å². The van der Waals surface area contributed by atoms with E-state index in [1.54, 1.807) is 11.1 Å². The van der Waals surface area contributed by atoms with E-state index in [4.69, 9.17) is 4.74 Å². The smallest absolute Gasteiger partial charge is 0.246 e. The van der Waals surface area contributed by atoms with Crippen molar-refractivity contribution in [1.82, 2.24) is 9.88 Å². The Labute approximate surface area is 88.2 Å². The maximum Gasteiger partial charge on any atom is 0.246 e. The molecule has 0 bridgehead atoms. The quantitative estimate of drug-likeness (QED) is 0.640. The summed E-state index contributed by atoms with van der Waals surface area (Å²) >= 11 is 0. The van der Waals surface area contributed by atoms with Crippen molar-refractivity contribution in [2.45, 2.75) is 6.54 Å². The molecule has 1 aliphatic rings. The Hall–Kier alpha value is -1.84. The molecule has 1 aliphatic heterocycles. The van der Waals surface area contributed by atoms with Crippen molar-refractivity contribution in [2.75, 3.05) is 13.2 Å². The van der Waals surface area contributed by atoms with Crippen molar-refractivity contribution in [3.63, 3.8) is 0 Å². The molecule has 0 fully saturated rings. The first-order valence-electron chi connectivity index (χ1n) is 4.79. The topological polar surface area (TPSA) is 42.4 Å². The number of nitrogens with zero attached hydrogens (tertiary/aromatic N) is 2. The van der Waals surface area contributed by atoms with Crippen molar-refractivity contribution >= 4 is 5.91 Å². The summed E-state index contributed by atoms with van der Waals surface area (Å²) in [5, 5.41) is 0. The highest BCUT2D eigenvalue weighted by Crippen LogP contribution is 2.19. The molecule has 4 nitrogen and oxygen atoms in total. The summed E-state index contributed by atoms with van der Waals surface area (Å²) in [5.41, 5.74) is 0.796. The molecule has 1 aromatic rings. The average molecular weight is 204 g/mol. The fourth-order valence-electron chi connectivity index (χ4n) is 1.52. The highest BCUT2D eigenvalue weighted by molar-refractivity contribution is 5.87. The van der Waals surface area contributed by atoms with Crippen LogP contribution in [0.3, 0.4) is 0 Å². The number of carbonyl (C=O) groups excluding carboxylic acids is 1. The SMILES string of the molecule is C=CC(=O)N1CCOc2cccnc2C1. The van der Waals surface area contributed by atoms with Gasteiger partial charge in [-0.25, -0.2) is 0 Å². The molecule has 1 aromatic heterocycles. The lowest BCUT2D eigenvalue weighted by Gasteiger charge is -2.16. The predicted octanol–water partition coefficient (Wildman–Crippen LogP) is 0.989. The van der Waals surface area contributed by atoms with Gasteiger partial charge in [-0.15, -0.1) is 0 Å². The second kappa shape index (κ2) is 4.13. The molecule has 1 amide bonds. The van der Waals surface area contributed by atoms with Gasteiger partial charge in [0.2, 0.25) is 5.91 Å². The summed E-state index contributed by atoms with van der Waals surface area (Å²) in [6, 6.07) is 3.69. The molecule has 15 heavy (non-hydrogen) atoms. The third-order valence-corrected chi connectivity index (χ3v) is 2.29. The second-order valence-electron chi connectivity index (χ2n) is 3.26. The lowest BCUT2D eigenvalue weighted by Crippen LogP contribution is -2.31. The second-order valence-corrected chi connectivity index (χ2v) is 3.26. The number of pyridine rings is 1. The van der Waals surface area contributed by atoms with Gasteiger partial charge in [-0.3, -0.25) is 9.78 Å². The number of rotatable bonds is 1. The van der Waals surface area contributed by atoms with Crippen LogP contribution in [0, 0.1) is 0 Å². The Morgan fingerprint density at radius 3 is 3.33 bits per heavy atom. The first-order chi connectivity index (χ1) is 7.31. The summed E-state index contributed by atoms with van der Waals surface area (Å²) in [6.45, 7) is 5.03. The van der Waals surface area contributed by atoms with E-state index in [0.717, 1.165) is 11.4 Å². The van der Waals surface area contributed by atoms with E-state index >= 15 is 0 Å². The van der Waals surface area contributed by atoms with Gasteiger partial charge in [0.1, 0.15) is 18.1 Å². The fraction of sp³-hybridized carbons (Fsp3) is 0.273. The Kier molecular flexibility index (Phi) is 2.67. The van der Waals surface area contributed by atoms with Crippen LogP contribution in [0.2, 0.25) is 0 Å². The minimum atomic E-state index is -0.0860. The molecular weight excluding hydrogens is 192 g/mol. The van der Waals surface area contributed by atoms with Crippen LogP contribution in [0.1, 0.15) is 5.69 Å². The zero-order valence-corrected chi connectivity index (χ0v) is 8.35. The van der Waals surface area contributed by atoms with E-state index in [-0.39, 0.29) is 5.91 Å². The summed E-state index contributed by atoms with van der Waals surface area (Å²) in [6.07, 6.45) is 3.01. The van der Waals surface area contributed by atoms with Crippen molar-refractivity contribution in [2.24, 2.45) is 0 Å². The monoisotopic (exact) mass is 204 g/mol. The van der Waals surface area contributed by atoms with E-state index in [1.165, 1.54) is 6.08 Å². The third kappa shape index (κ3) is 1.98. The largest absolute Gasteiger partial charge is 0.490 e. The zero-order chi connectivity index (χ0) is 10.7. The third-order valence-electron chi connectivity index (χ3n) is 2.29. The maximum atomic E-state index is 11.5. The normalized spacial score (nSPS) is 14.8. The van der Waals surface area contributed by atoms with Crippen molar-refractivity contribution < 1.29 is 9.53 Å². The highest BCUT2D eigenvalue weighted by Gasteiger charge is 2.18. The summed E-state index contributed by atoms with van der Waals surface area (Å²) in [5.74, 6) is 0.675. The molecule has 0 radical (unpaired) electrons. The molecule has 0 aliphatic carbocycles. The van der Waals surface area contributed by atoms with Gasteiger partial charge in [0.15, 0.2) is 0 Å². The molecule has 0 aromatic carbocycles. The number of hydrogen-bond acceptors (Lipinski definition) is 3. The van der Waals surface area contributed by atoms with E-state index in [1.807, 2.05) is 12.1 Å². The van der Waals surface area contributed by atoms with Crippen LogP contribution in [0.25, 0.3) is 0 Å². The van der Waals surface area contributed by atoms with Gasteiger partial charge in [-0.2, -0.15) is 0 Å². The van der Waals surface area contributed by atoms with Gasteiger partial charge in [-0.1, -0.05) is 6.58 Å². The van der Waals surface area contributed by atoms with E-state index in [0.29, 0.717) is 19.7 Å². The molecule has 2 rings (SSSR count). The predicted molar refractivity (Wildman–Crippen MR) is 55.3 cm³/mol. The Bertz CT molecular complexity index is 390. The molecule has 0 N–H and O–H groups in total. The first-order valence-corrected chi connectivity index (χ1v) is 4.79. The molecule has 2 heterocycles. The lowest BCUT2D eigenvalue weighted by molar-refractivity contribution is -0.126. The summed E-state index contributed by atoms with van der Waals surface area (Å²) in [4.78, 5) is 17.3. The minimum absolute atomic E-state index is 0.0860. The Balaban J connectivity index is 2.24. The molecule has 0 spiro atoms. The molecule has 4 heteroatoms. The number of hydrogen-bond donors (Lipinski definition) is 0. The fourth-order valence-corrected chi connectivity index (χ4v) is 1.52. The van der Waals surface area contributed by atoms with Crippen LogP contribution >= 0.6 is 0 Å². The van der Waals surface area contributed by atoms with Crippen LogP contribution in [-0.4, -0.2) is 28.9 Å². The van der Waals surface area contributed by atoms with Gasteiger partial charge in [0, 0.05) is 6.20 Å². The average Bonchev–Trinajstić information content (AvgIpc) is 2.49. The number of aromatic nitrogens is 1. The van der Waals surface area contributed by atoms with Crippen LogP contribution in [-0.2, 0) is 11.3 Å².